The van der Waals surface area contributed by atoms with Crippen molar-refractivity contribution in [3.05, 3.63) is 24.3 Å². The van der Waals surface area contributed by atoms with Crippen molar-refractivity contribution in [2.75, 3.05) is 63.2 Å². The maximum Gasteiger partial charge on any atom is 0.414 e. The molecule has 9 nitrogen and oxygen atoms in total. The van der Waals surface area contributed by atoms with E-state index in [9.17, 15) is 13.2 Å². The zero-order chi connectivity index (χ0) is 21.9. The molecule has 30 heavy (non-hydrogen) atoms. The van der Waals surface area contributed by atoms with Crippen LogP contribution in [0.3, 0.4) is 0 Å². The third-order valence-corrected chi connectivity index (χ3v) is 7.65. The summed E-state index contributed by atoms with van der Waals surface area (Å²) in [5.41, 5.74) is 1.78. The van der Waals surface area contributed by atoms with Gasteiger partial charge < -0.3 is 15.0 Å². The summed E-state index contributed by atoms with van der Waals surface area (Å²) in [5, 5.41) is 3.11. The van der Waals surface area contributed by atoms with Crippen LogP contribution in [0, 0.1) is 0 Å². The zero-order valence-electron chi connectivity index (χ0n) is 17.6. The maximum atomic E-state index is 12.3. The molecule has 2 aliphatic heterocycles. The second kappa shape index (κ2) is 9.46. The first-order valence-corrected chi connectivity index (χ1v) is 11.8. The van der Waals surface area contributed by atoms with Crippen LogP contribution in [0.4, 0.5) is 16.2 Å². The molecule has 166 valence electrons. The first-order chi connectivity index (χ1) is 14.2. The van der Waals surface area contributed by atoms with Crippen LogP contribution >= 0.6 is 12.2 Å². The van der Waals surface area contributed by atoms with Gasteiger partial charge in [0.2, 0.25) is 0 Å². The Morgan fingerprint density at radius 3 is 2.33 bits per heavy atom. The molecular formula is C19H29N5O4S2. The predicted molar refractivity (Wildman–Crippen MR) is 121 cm³/mol. The van der Waals surface area contributed by atoms with Crippen LogP contribution in [-0.2, 0) is 14.9 Å². The fourth-order valence-corrected chi connectivity index (χ4v) is 4.61. The van der Waals surface area contributed by atoms with Gasteiger partial charge in [0.1, 0.15) is 6.10 Å². The van der Waals surface area contributed by atoms with E-state index in [1.54, 1.807) is 19.0 Å². The molecule has 0 aliphatic carbocycles. The van der Waals surface area contributed by atoms with E-state index in [0.717, 1.165) is 22.8 Å². The largest absolute Gasteiger partial charge is 0.442 e. The molecule has 1 atom stereocenters. The molecule has 2 aliphatic rings. The second-order valence-corrected chi connectivity index (χ2v) is 10.1. The molecule has 1 aromatic rings. The van der Waals surface area contributed by atoms with Crippen molar-refractivity contribution in [1.82, 2.24) is 13.9 Å². The molecule has 0 spiro atoms. The molecule has 0 saturated carbocycles. The Labute approximate surface area is 183 Å². The van der Waals surface area contributed by atoms with E-state index in [-0.39, 0.29) is 12.2 Å². The molecule has 3 rings (SSSR count). The number of ether oxygens (including phenoxy) is 1. The van der Waals surface area contributed by atoms with Crippen LogP contribution < -0.4 is 15.1 Å². The molecule has 0 bridgehead atoms. The zero-order valence-corrected chi connectivity index (χ0v) is 19.2. The standard InChI is InChI=1S/C19H29N5O4S2/c1-4-18(29)20-13-17-14-24(19(25)28-17)16-7-5-15(6-8-16)22-9-11-23(12-10-22)30(26,27)21(2)3/h5-8,17H,4,9-14H2,1-3H3,(H,20,29)/t17-/m0/s1. The van der Waals surface area contributed by atoms with Crippen LogP contribution in [0.2, 0.25) is 0 Å². The Morgan fingerprint density at radius 2 is 1.77 bits per heavy atom. The summed E-state index contributed by atoms with van der Waals surface area (Å²) in [5.74, 6) is 0. The highest BCUT2D eigenvalue weighted by Crippen LogP contribution is 2.26. The SMILES string of the molecule is CCC(=S)NC[C@H]1CN(c2ccc(N3CCN(S(=O)(=O)N(C)C)CC3)cc2)C(=O)O1. The number of carbonyl (C=O) groups excluding carboxylic acids is 1. The van der Waals surface area contributed by atoms with Gasteiger partial charge in [0.25, 0.3) is 10.2 Å². The molecule has 11 heteroatoms. The van der Waals surface area contributed by atoms with Gasteiger partial charge in [-0.25, -0.2) is 4.79 Å². The summed E-state index contributed by atoms with van der Waals surface area (Å²) in [6.45, 7) is 5.06. The molecule has 1 amide bonds. The number of cyclic esters (lactones) is 1. The Hall–Kier alpha value is -1.95. The van der Waals surface area contributed by atoms with E-state index in [0.29, 0.717) is 39.3 Å². The van der Waals surface area contributed by atoms with Crippen LogP contribution in [0.15, 0.2) is 24.3 Å². The third-order valence-electron chi connectivity index (χ3n) is 5.27. The summed E-state index contributed by atoms with van der Waals surface area (Å²) < 4.78 is 32.7. The van der Waals surface area contributed by atoms with Gasteiger partial charge in [-0.1, -0.05) is 19.1 Å². The summed E-state index contributed by atoms with van der Waals surface area (Å²) in [6.07, 6.45) is 0.157. The molecule has 2 saturated heterocycles. The van der Waals surface area contributed by atoms with E-state index < -0.39 is 10.2 Å². The van der Waals surface area contributed by atoms with Gasteiger partial charge in [0, 0.05) is 51.6 Å². The monoisotopic (exact) mass is 455 g/mol. The Morgan fingerprint density at radius 1 is 1.17 bits per heavy atom. The lowest BCUT2D eigenvalue weighted by Crippen LogP contribution is -2.51. The number of nitrogens with zero attached hydrogens (tertiary/aromatic N) is 4. The van der Waals surface area contributed by atoms with Crippen molar-refractivity contribution < 1.29 is 17.9 Å². The van der Waals surface area contributed by atoms with Gasteiger partial charge >= 0.3 is 6.09 Å². The molecule has 1 aromatic carbocycles. The number of nitrogens with one attached hydrogen (secondary N) is 1. The van der Waals surface area contributed by atoms with Crippen LogP contribution in [0.5, 0.6) is 0 Å². The minimum Gasteiger partial charge on any atom is -0.442 e. The Balaban J connectivity index is 1.57. The summed E-state index contributed by atoms with van der Waals surface area (Å²) in [6, 6.07) is 7.70. The van der Waals surface area contributed by atoms with Crippen molar-refractivity contribution >= 4 is 44.9 Å². The Kier molecular flexibility index (Phi) is 7.17. The molecular weight excluding hydrogens is 426 g/mol. The van der Waals surface area contributed by atoms with Crippen molar-refractivity contribution in [1.29, 1.82) is 0 Å². The maximum absolute atomic E-state index is 12.3. The van der Waals surface area contributed by atoms with Crippen molar-refractivity contribution in [3.8, 4) is 0 Å². The number of benzene rings is 1. The number of hydrogen-bond donors (Lipinski definition) is 1. The average Bonchev–Trinajstić information content (AvgIpc) is 3.12. The van der Waals surface area contributed by atoms with Gasteiger partial charge in [0.05, 0.1) is 18.1 Å². The lowest BCUT2D eigenvalue weighted by molar-refractivity contribution is 0.143. The first kappa shape index (κ1) is 22.7. The minimum absolute atomic E-state index is 0.242. The molecule has 2 heterocycles. The quantitative estimate of drug-likeness (QED) is 0.620. The van der Waals surface area contributed by atoms with E-state index in [2.05, 4.69) is 10.2 Å². The fourth-order valence-electron chi connectivity index (χ4n) is 3.44. The van der Waals surface area contributed by atoms with Crippen LogP contribution in [-0.4, -0.2) is 87.6 Å². The van der Waals surface area contributed by atoms with Gasteiger partial charge in [0.15, 0.2) is 0 Å². The van der Waals surface area contributed by atoms with E-state index in [1.807, 2.05) is 31.2 Å². The average molecular weight is 456 g/mol. The highest BCUT2D eigenvalue weighted by molar-refractivity contribution is 7.86. The van der Waals surface area contributed by atoms with Gasteiger partial charge in [-0.15, -0.1) is 0 Å². The third kappa shape index (κ3) is 5.02. The van der Waals surface area contributed by atoms with Crippen molar-refractivity contribution in [3.63, 3.8) is 0 Å². The molecule has 0 aromatic heterocycles. The number of thiocarbonyl (C=S) groups is 1. The number of amides is 1. The molecule has 0 radical (unpaired) electrons. The first-order valence-electron chi connectivity index (χ1n) is 10.00. The van der Waals surface area contributed by atoms with Gasteiger partial charge in [-0.2, -0.15) is 17.0 Å². The minimum atomic E-state index is -3.38. The smallest absolute Gasteiger partial charge is 0.414 e. The van der Waals surface area contributed by atoms with Gasteiger partial charge in [-0.05, 0) is 30.7 Å². The normalized spacial score (nSPS) is 20.5. The number of rotatable bonds is 7. The molecule has 1 N–H and O–H groups in total. The van der Waals surface area contributed by atoms with Crippen molar-refractivity contribution in [2.24, 2.45) is 0 Å². The van der Waals surface area contributed by atoms with Gasteiger partial charge in [-0.3, -0.25) is 4.90 Å². The number of hydrogen-bond acceptors (Lipinski definition) is 6. The molecule has 0 unspecified atom stereocenters. The number of piperazine rings is 1. The number of anilines is 2. The topological polar surface area (TPSA) is 85.4 Å². The number of carbonyl (C=O) groups is 1. The van der Waals surface area contributed by atoms with Crippen LogP contribution in [0.1, 0.15) is 13.3 Å². The lowest BCUT2D eigenvalue weighted by Gasteiger charge is -2.36. The fraction of sp³-hybridized carbons (Fsp3) is 0.579. The van der Waals surface area contributed by atoms with E-state index in [4.69, 9.17) is 17.0 Å². The van der Waals surface area contributed by atoms with Crippen LogP contribution in [0.25, 0.3) is 0 Å². The second-order valence-electron chi connectivity index (χ2n) is 7.47. The Bertz CT molecular complexity index is 867. The predicted octanol–water partition coefficient (Wildman–Crippen LogP) is 1.27. The highest BCUT2D eigenvalue weighted by Gasteiger charge is 2.32. The lowest BCUT2D eigenvalue weighted by atomic mass is 10.2. The molecule has 2 fully saturated rings. The highest BCUT2D eigenvalue weighted by atomic mass is 32.2. The summed E-state index contributed by atoms with van der Waals surface area (Å²) in [7, 11) is -0.290. The van der Waals surface area contributed by atoms with Crippen molar-refractivity contribution in [2.45, 2.75) is 19.4 Å². The summed E-state index contributed by atoms with van der Waals surface area (Å²) >= 11 is 5.15. The van der Waals surface area contributed by atoms with E-state index >= 15 is 0 Å². The van der Waals surface area contributed by atoms with E-state index in [1.165, 1.54) is 8.61 Å². The summed E-state index contributed by atoms with van der Waals surface area (Å²) in [4.78, 5) is 16.8.